The summed E-state index contributed by atoms with van der Waals surface area (Å²) in [6.45, 7) is 5.82. The Morgan fingerprint density at radius 2 is 1.80 bits per heavy atom. The van der Waals surface area contributed by atoms with Crippen molar-refractivity contribution in [2.45, 2.75) is 27.4 Å². The summed E-state index contributed by atoms with van der Waals surface area (Å²) in [4.78, 5) is 12.8. The van der Waals surface area contributed by atoms with Gasteiger partial charge < -0.3 is 24.1 Å². The number of amides is 1. The van der Waals surface area contributed by atoms with Gasteiger partial charge in [-0.05, 0) is 50.6 Å². The molecule has 1 amide bonds. The maximum Gasteiger partial charge on any atom is 0.255 e. The van der Waals surface area contributed by atoms with E-state index >= 15 is 0 Å². The van der Waals surface area contributed by atoms with Crippen LogP contribution >= 0.6 is 11.6 Å². The third-order valence-electron chi connectivity index (χ3n) is 4.71. The summed E-state index contributed by atoms with van der Waals surface area (Å²) in [5, 5.41) is 7.32. The summed E-state index contributed by atoms with van der Waals surface area (Å²) in [5.41, 5.74) is 3.42. The van der Waals surface area contributed by atoms with Crippen LogP contribution in [0.2, 0.25) is 5.02 Å². The molecule has 0 bridgehead atoms. The Labute approximate surface area is 179 Å². The van der Waals surface area contributed by atoms with Gasteiger partial charge in [-0.2, -0.15) is 0 Å². The molecule has 8 heteroatoms. The lowest BCUT2D eigenvalue weighted by Gasteiger charge is -2.14. The second kappa shape index (κ2) is 9.09. The fourth-order valence-corrected chi connectivity index (χ4v) is 3.06. The second-order valence-electron chi connectivity index (χ2n) is 6.71. The van der Waals surface area contributed by atoms with Gasteiger partial charge in [0.05, 0.1) is 31.2 Å². The average molecular weight is 431 g/mol. The Hall–Kier alpha value is -3.19. The van der Waals surface area contributed by atoms with Crippen LogP contribution in [0.4, 0.5) is 5.69 Å². The minimum Gasteiger partial charge on any atom is -0.495 e. The Bertz CT molecular complexity index is 1060. The number of carbonyl (C=O) groups is 1. The summed E-state index contributed by atoms with van der Waals surface area (Å²) < 4.78 is 21.7. The Morgan fingerprint density at radius 3 is 2.43 bits per heavy atom. The number of methoxy groups -OCH3 is 2. The topological polar surface area (TPSA) is 82.8 Å². The van der Waals surface area contributed by atoms with Crippen LogP contribution in [0.15, 0.2) is 34.9 Å². The molecule has 0 spiro atoms. The first kappa shape index (κ1) is 21.5. The average Bonchev–Trinajstić information content (AvgIpc) is 3.06. The minimum atomic E-state index is -0.314. The molecule has 0 aliphatic rings. The molecule has 1 N–H and O–H groups in total. The highest BCUT2D eigenvalue weighted by Crippen LogP contribution is 2.33. The molecule has 0 saturated carbocycles. The normalized spacial score (nSPS) is 10.6. The van der Waals surface area contributed by atoms with Crippen molar-refractivity contribution in [2.75, 3.05) is 19.5 Å². The van der Waals surface area contributed by atoms with Crippen molar-refractivity contribution < 1.29 is 23.5 Å². The van der Waals surface area contributed by atoms with Crippen LogP contribution < -0.4 is 19.5 Å². The van der Waals surface area contributed by atoms with E-state index in [0.29, 0.717) is 39.3 Å². The van der Waals surface area contributed by atoms with Gasteiger partial charge >= 0.3 is 0 Å². The Morgan fingerprint density at radius 1 is 1.07 bits per heavy atom. The quantitative estimate of drug-likeness (QED) is 0.561. The van der Waals surface area contributed by atoms with Crippen molar-refractivity contribution in [3.8, 4) is 17.2 Å². The van der Waals surface area contributed by atoms with E-state index in [0.717, 1.165) is 16.8 Å². The van der Waals surface area contributed by atoms with Crippen LogP contribution in [-0.4, -0.2) is 25.3 Å². The number of ether oxygens (including phenoxy) is 3. The largest absolute Gasteiger partial charge is 0.495 e. The van der Waals surface area contributed by atoms with Gasteiger partial charge in [0.1, 0.15) is 18.1 Å². The molecule has 1 aromatic heterocycles. The first-order valence-corrected chi connectivity index (χ1v) is 9.60. The van der Waals surface area contributed by atoms with Crippen molar-refractivity contribution in [3.05, 3.63) is 63.5 Å². The number of aromatic nitrogens is 1. The molecule has 7 nitrogen and oxygen atoms in total. The first-order chi connectivity index (χ1) is 14.3. The minimum absolute atomic E-state index is 0.282. The van der Waals surface area contributed by atoms with Gasteiger partial charge in [0.25, 0.3) is 5.91 Å². The van der Waals surface area contributed by atoms with Crippen LogP contribution in [0, 0.1) is 20.8 Å². The molecule has 2 aromatic carbocycles. The van der Waals surface area contributed by atoms with E-state index in [9.17, 15) is 4.79 Å². The number of carbonyl (C=O) groups excluding carboxylic acids is 1. The highest BCUT2D eigenvalue weighted by molar-refractivity contribution is 6.31. The van der Waals surface area contributed by atoms with E-state index in [1.54, 1.807) is 30.3 Å². The molecule has 0 unspecified atom stereocenters. The zero-order valence-electron chi connectivity index (χ0n) is 17.5. The van der Waals surface area contributed by atoms with Gasteiger partial charge in [0.15, 0.2) is 11.5 Å². The molecule has 0 aliphatic carbocycles. The first-order valence-electron chi connectivity index (χ1n) is 9.22. The van der Waals surface area contributed by atoms with Gasteiger partial charge in [-0.15, -0.1) is 0 Å². The zero-order chi connectivity index (χ0) is 21.8. The monoisotopic (exact) mass is 430 g/mol. The van der Waals surface area contributed by atoms with Gasteiger partial charge in [-0.3, -0.25) is 4.79 Å². The van der Waals surface area contributed by atoms with Crippen molar-refractivity contribution in [3.63, 3.8) is 0 Å². The summed E-state index contributed by atoms with van der Waals surface area (Å²) in [5.74, 6) is 1.81. The molecule has 158 valence electrons. The van der Waals surface area contributed by atoms with Crippen LogP contribution in [-0.2, 0) is 6.61 Å². The standard InChI is InChI=1S/C22H23ClN2O5/c1-12-8-18(20(27-4)10-17(12)23)24-22(26)15-6-7-19(21(9-15)28-5)29-11-16-13(2)25-30-14(16)3/h6-10H,11H2,1-5H3,(H,24,26). The predicted molar refractivity (Wildman–Crippen MR) is 114 cm³/mol. The fraction of sp³-hybridized carbons (Fsp3) is 0.273. The SMILES string of the molecule is COc1cc(Cl)c(C)cc1NC(=O)c1ccc(OCc2c(C)noc2C)c(OC)c1. The van der Waals surface area contributed by atoms with Gasteiger partial charge in [-0.1, -0.05) is 16.8 Å². The number of rotatable bonds is 7. The summed E-state index contributed by atoms with van der Waals surface area (Å²) in [7, 11) is 3.04. The van der Waals surface area contributed by atoms with Crippen molar-refractivity contribution in [1.29, 1.82) is 0 Å². The number of anilines is 1. The van der Waals surface area contributed by atoms with Crippen LogP contribution in [0.5, 0.6) is 17.2 Å². The zero-order valence-corrected chi connectivity index (χ0v) is 18.2. The Balaban J connectivity index is 1.79. The lowest BCUT2D eigenvalue weighted by molar-refractivity contribution is 0.102. The fourth-order valence-electron chi connectivity index (χ4n) is 2.91. The molecule has 0 saturated heterocycles. The molecule has 1 heterocycles. The molecular formula is C22H23ClN2O5. The van der Waals surface area contributed by atoms with E-state index in [-0.39, 0.29) is 12.5 Å². The van der Waals surface area contributed by atoms with E-state index in [4.69, 9.17) is 30.3 Å². The maximum atomic E-state index is 12.8. The molecule has 30 heavy (non-hydrogen) atoms. The Kier molecular flexibility index (Phi) is 6.52. The number of hydrogen-bond acceptors (Lipinski definition) is 6. The molecule has 0 aliphatic heterocycles. The molecule has 0 fully saturated rings. The molecule has 3 rings (SSSR count). The van der Waals surface area contributed by atoms with Crippen LogP contribution in [0.3, 0.4) is 0 Å². The smallest absolute Gasteiger partial charge is 0.255 e. The van der Waals surface area contributed by atoms with Crippen LogP contribution in [0.25, 0.3) is 0 Å². The van der Waals surface area contributed by atoms with E-state index in [2.05, 4.69) is 10.5 Å². The van der Waals surface area contributed by atoms with Gasteiger partial charge in [0, 0.05) is 16.7 Å². The number of hydrogen-bond donors (Lipinski definition) is 1. The van der Waals surface area contributed by atoms with Gasteiger partial charge in [0.2, 0.25) is 0 Å². The highest BCUT2D eigenvalue weighted by atomic mass is 35.5. The van der Waals surface area contributed by atoms with E-state index in [1.807, 2.05) is 20.8 Å². The van der Waals surface area contributed by atoms with Crippen molar-refractivity contribution in [2.24, 2.45) is 0 Å². The number of aryl methyl sites for hydroxylation is 3. The van der Waals surface area contributed by atoms with Gasteiger partial charge in [-0.25, -0.2) is 0 Å². The summed E-state index contributed by atoms with van der Waals surface area (Å²) >= 11 is 6.13. The van der Waals surface area contributed by atoms with E-state index < -0.39 is 0 Å². The van der Waals surface area contributed by atoms with Crippen LogP contribution in [0.1, 0.15) is 32.9 Å². The third kappa shape index (κ3) is 4.52. The highest BCUT2D eigenvalue weighted by Gasteiger charge is 2.16. The predicted octanol–water partition coefficient (Wildman–Crippen LogP) is 5.10. The number of halogens is 1. The number of nitrogens with zero attached hydrogens (tertiary/aromatic N) is 1. The maximum absolute atomic E-state index is 12.8. The number of benzene rings is 2. The molecule has 0 radical (unpaired) electrons. The third-order valence-corrected chi connectivity index (χ3v) is 5.12. The molecule has 3 aromatic rings. The second-order valence-corrected chi connectivity index (χ2v) is 7.12. The van der Waals surface area contributed by atoms with Crippen molar-refractivity contribution >= 4 is 23.2 Å². The lowest BCUT2D eigenvalue weighted by Crippen LogP contribution is -2.13. The lowest BCUT2D eigenvalue weighted by atomic mass is 10.1. The molecule has 0 atom stereocenters. The van der Waals surface area contributed by atoms with E-state index in [1.165, 1.54) is 14.2 Å². The number of nitrogens with one attached hydrogen (secondary N) is 1. The van der Waals surface area contributed by atoms with Crippen molar-refractivity contribution in [1.82, 2.24) is 5.16 Å². The molecular weight excluding hydrogens is 408 g/mol. The summed E-state index contributed by atoms with van der Waals surface area (Å²) in [6.07, 6.45) is 0. The summed E-state index contributed by atoms with van der Waals surface area (Å²) in [6, 6.07) is 8.40.